The fourth-order valence-corrected chi connectivity index (χ4v) is 3.80. The van der Waals surface area contributed by atoms with E-state index < -0.39 is 0 Å². The van der Waals surface area contributed by atoms with Gasteiger partial charge in [-0.3, -0.25) is 0 Å². The van der Waals surface area contributed by atoms with Gasteiger partial charge in [-0.25, -0.2) is 0 Å². The molecule has 0 radical (unpaired) electrons. The van der Waals surface area contributed by atoms with Gasteiger partial charge in [0.25, 0.3) is 0 Å². The van der Waals surface area contributed by atoms with E-state index in [0.717, 1.165) is 67.3 Å². The lowest BCUT2D eigenvalue weighted by molar-refractivity contribution is 0.118. The summed E-state index contributed by atoms with van der Waals surface area (Å²) in [5.74, 6) is 1.62. The summed E-state index contributed by atoms with van der Waals surface area (Å²) >= 11 is 6.19. The lowest BCUT2D eigenvalue weighted by Gasteiger charge is -2.32. The van der Waals surface area contributed by atoms with Gasteiger partial charge in [0.15, 0.2) is 0 Å². The normalized spacial score (nSPS) is 19.4. The second-order valence-electron chi connectivity index (χ2n) is 7.09. The molecule has 4 rings (SSSR count). The minimum absolute atomic E-state index is 0.179. The van der Waals surface area contributed by atoms with Gasteiger partial charge < -0.3 is 19.3 Å². The highest BCUT2D eigenvalue weighted by Gasteiger charge is 2.19. The summed E-state index contributed by atoms with van der Waals surface area (Å²) < 4.78 is 11.7. The molecule has 0 atom stereocenters. The Bertz CT molecular complexity index is 829. The van der Waals surface area contributed by atoms with Crippen molar-refractivity contribution in [3.63, 3.8) is 0 Å². The largest absolute Gasteiger partial charge is 0.457 e. The highest BCUT2D eigenvalue weighted by atomic mass is 35.5. The summed E-state index contributed by atoms with van der Waals surface area (Å²) in [7, 11) is 2.19. The Labute approximate surface area is 165 Å². The summed E-state index contributed by atoms with van der Waals surface area (Å²) in [5.41, 5.74) is 3.31. The first-order valence-corrected chi connectivity index (χ1v) is 9.84. The van der Waals surface area contributed by atoms with E-state index in [1.807, 2.05) is 30.3 Å². The van der Waals surface area contributed by atoms with Crippen LogP contribution in [0.25, 0.3) is 5.57 Å². The molecule has 0 spiro atoms. The Morgan fingerprint density at radius 1 is 0.963 bits per heavy atom. The van der Waals surface area contributed by atoms with Crippen molar-refractivity contribution in [2.24, 2.45) is 0 Å². The van der Waals surface area contributed by atoms with Crippen LogP contribution in [0.5, 0.6) is 11.5 Å². The molecule has 1 fully saturated rings. The number of piperazine rings is 1. The molecule has 0 unspecified atom stereocenters. The van der Waals surface area contributed by atoms with Crippen molar-refractivity contribution in [2.75, 3.05) is 46.6 Å². The van der Waals surface area contributed by atoms with E-state index in [9.17, 15) is 0 Å². The molecular formula is C22H25ClN2O2. The van der Waals surface area contributed by atoms with Crippen LogP contribution in [-0.2, 0) is 0 Å². The molecule has 0 aromatic heterocycles. The number of para-hydroxylation sites is 1. The Hall–Kier alpha value is -2.01. The zero-order valence-electron chi connectivity index (χ0n) is 15.7. The fraction of sp³-hybridized carbons (Fsp3) is 0.364. The van der Waals surface area contributed by atoms with E-state index >= 15 is 0 Å². The van der Waals surface area contributed by atoms with E-state index in [2.05, 4.69) is 35.1 Å². The van der Waals surface area contributed by atoms with Crippen molar-refractivity contribution in [3.8, 4) is 11.5 Å². The van der Waals surface area contributed by atoms with Crippen molar-refractivity contribution in [2.45, 2.75) is 6.42 Å². The Morgan fingerprint density at radius 3 is 2.56 bits per heavy atom. The van der Waals surface area contributed by atoms with Gasteiger partial charge in [-0.2, -0.15) is 0 Å². The molecule has 2 aromatic rings. The maximum atomic E-state index is 6.19. The molecule has 2 aromatic carbocycles. The summed E-state index contributed by atoms with van der Waals surface area (Å²) in [6, 6.07) is 14.0. The zero-order chi connectivity index (χ0) is 18.6. The standard InChI is InChI=1S/C22H25ClN2O2/c1-24-11-13-25(14-12-24)10-4-6-18-19-5-2-3-7-21(19)26-16-27-22-15-17(23)8-9-20(18)22/h2-3,5-9,15H,4,10-14,16H2,1H3. The SMILES string of the molecule is CN1CCN(CCC=C2c3ccccc3OCOc3cc(Cl)ccc32)CC1. The van der Waals surface area contributed by atoms with Crippen LogP contribution in [-0.4, -0.2) is 56.4 Å². The average molecular weight is 385 g/mol. The van der Waals surface area contributed by atoms with E-state index in [0.29, 0.717) is 5.02 Å². The quantitative estimate of drug-likeness (QED) is 0.794. The lowest BCUT2D eigenvalue weighted by Crippen LogP contribution is -2.44. The second kappa shape index (κ2) is 8.34. The molecular weight excluding hydrogens is 360 g/mol. The fourth-order valence-electron chi connectivity index (χ4n) is 3.64. The molecule has 2 aliphatic heterocycles. The van der Waals surface area contributed by atoms with Gasteiger partial charge in [0.1, 0.15) is 11.5 Å². The number of likely N-dealkylation sites (N-methyl/N-ethyl adjacent to an activating group) is 1. The van der Waals surface area contributed by atoms with Crippen molar-refractivity contribution >= 4 is 17.2 Å². The smallest absolute Gasteiger partial charge is 0.230 e. The molecule has 27 heavy (non-hydrogen) atoms. The topological polar surface area (TPSA) is 24.9 Å². The van der Waals surface area contributed by atoms with Crippen LogP contribution in [0.2, 0.25) is 5.02 Å². The Morgan fingerprint density at radius 2 is 1.70 bits per heavy atom. The first-order valence-electron chi connectivity index (χ1n) is 9.47. The van der Waals surface area contributed by atoms with Crippen molar-refractivity contribution in [1.29, 1.82) is 0 Å². The molecule has 0 amide bonds. The van der Waals surface area contributed by atoms with E-state index in [1.54, 1.807) is 0 Å². The van der Waals surface area contributed by atoms with Crippen LogP contribution >= 0.6 is 11.6 Å². The number of nitrogens with zero attached hydrogens (tertiary/aromatic N) is 2. The zero-order valence-corrected chi connectivity index (χ0v) is 16.4. The molecule has 0 N–H and O–H groups in total. The molecule has 4 nitrogen and oxygen atoms in total. The minimum atomic E-state index is 0.179. The van der Waals surface area contributed by atoms with E-state index in [4.69, 9.17) is 21.1 Å². The Kier molecular flexibility index (Phi) is 5.67. The van der Waals surface area contributed by atoms with E-state index in [-0.39, 0.29) is 6.79 Å². The number of ether oxygens (including phenoxy) is 2. The summed E-state index contributed by atoms with van der Waals surface area (Å²) in [6.45, 7) is 5.79. The predicted molar refractivity (Wildman–Crippen MR) is 110 cm³/mol. The highest BCUT2D eigenvalue weighted by Crippen LogP contribution is 2.39. The minimum Gasteiger partial charge on any atom is -0.457 e. The van der Waals surface area contributed by atoms with Crippen molar-refractivity contribution < 1.29 is 9.47 Å². The third kappa shape index (κ3) is 4.29. The van der Waals surface area contributed by atoms with Gasteiger partial charge in [-0.05, 0) is 43.3 Å². The van der Waals surface area contributed by atoms with Crippen LogP contribution in [0, 0.1) is 0 Å². The number of hydrogen-bond donors (Lipinski definition) is 0. The number of fused-ring (bicyclic) bond motifs is 2. The Balaban J connectivity index is 1.63. The number of rotatable bonds is 3. The first kappa shape index (κ1) is 18.4. The van der Waals surface area contributed by atoms with Crippen molar-refractivity contribution in [3.05, 3.63) is 64.7 Å². The molecule has 5 heteroatoms. The van der Waals surface area contributed by atoms with Gasteiger partial charge in [0.05, 0.1) is 0 Å². The maximum Gasteiger partial charge on any atom is 0.230 e. The second-order valence-corrected chi connectivity index (χ2v) is 7.53. The molecule has 142 valence electrons. The van der Waals surface area contributed by atoms with Gasteiger partial charge in [-0.1, -0.05) is 35.9 Å². The highest BCUT2D eigenvalue weighted by molar-refractivity contribution is 6.30. The molecule has 2 aliphatic rings. The van der Waals surface area contributed by atoms with Crippen LogP contribution in [0.3, 0.4) is 0 Å². The molecule has 0 bridgehead atoms. The first-order chi connectivity index (χ1) is 13.2. The molecule has 2 heterocycles. The maximum absolute atomic E-state index is 6.19. The molecule has 1 saturated heterocycles. The average Bonchev–Trinajstić information content (AvgIpc) is 2.67. The summed E-state index contributed by atoms with van der Waals surface area (Å²) in [4.78, 5) is 4.91. The van der Waals surface area contributed by atoms with Gasteiger partial charge in [0.2, 0.25) is 6.79 Å². The van der Waals surface area contributed by atoms with Gasteiger partial charge in [0, 0.05) is 48.9 Å². The van der Waals surface area contributed by atoms with Crippen LogP contribution in [0.15, 0.2) is 48.5 Å². The third-order valence-electron chi connectivity index (χ3n) is 5.23. The number of benzene rings is 2. The monoisotopic (exact) mass is 384 g/mol. The molecule has 0 saturated carbocycles. The van der Waals surface area contributed by atoms with Crippen LogP contribution in [0.1, 0.15) is 17.5 Å². The van der Waals surface area contributed by atoms with E-state index in [1.165, 1.54) is 0 Å². The van der Waals surface area contributed by atoms with Crippen LogP contribution in [0.4, 0.5) is 0 Å². The summed E-state index contributed by atoms with van der Waals surface area (Å²) in [5, 5.41) is 0.666. The van der Waals surface area contributed by atoms with Crippen molar-refractivity contribution in [1.82, 2.24) is 9.80 Å². The predicted octanol–water partition coefficient (Wildman–Crippen LogP) is 4.14. The van der Waals surface area contributed by atoms with Gasteiger partial charge >= 0.3 is 0 Å². The number of hydrogen-bond acceptors (Lipinski definition) is 4. The summed E-state index contributed by atoms with van der Waals surface area (Å²) in [6.07, 6.45) is 3.29. The van der Waals surface area contributed by atoms with Crippen LogP contribution < -0.4 is 9.47 Å². The molecule has 0 aliphatic carbocycles. The van der Waals surface area contributed by atoms with Gasteiger partial charge in [-0.15, -0.1) is 0 Å². The third-order valence-corrected chi connectivity index (χ3v) is 5.46. The number of halogens is 1. The lowest BCUT2D eigenvalue weighted by atomic mass is 9.95.